The average Bonchev–Trinajstić information content (AvgIpc) is 3.14. The van der Waals surface area contributed by atoms with Crippen molar-refractivity contribution in [1.29, 1.82) is 0 Å². The number of nitrogens with one attached hydrogen (secondary N) is 1. The molecule has 3 aromatic rings. The van der Waals surface area contributed by atoms with Crippen molar-refractivity contribution in [2.24, 2.45) is 0 Å². The van der Waals surface area contributed by atoms with Gasteiger partial charge in [-0.2, -0.15) is 0 Å². The van der Waals surface area contributed by atoms with E-state index in [-0.39, 0.29) is 5.91 Å². The molecular formula is C21H20N4O. The lowest BCUT2D eigenvalue weighted by atomic mass is 9.91. The van der Waals surface area contributed by atoms with Crippen LogP contribution < -0.4 is 5.32 Å². The SMILES string of the molecule is O=C(c1cn(-c2ccccc2)c(-c2ccccc2)n1)N1CC2CC(C1)N2. The topological polar surface area (TPSA) is 50.2 Å². The van der Waals surface area contributed by atoms with Crippen LogP contribution in [0.25, 0.3) is 17.1 Å². The molecule has 2 aromatic carbocycles. The number of rotatable bonds is 3. The fraction of sp³-hybridized carbons (Fsp3) is 0.238. The van der Waals surface area contributed by atoms with E-state index in [1.807, 2.05) is 76.3 Å². The number of carbonyl (C=O) groups is 1. The van der Waals surface area contributed by atoms with Crippen molar-refractivity contribution in [1.82, 2.24) is 19.8 Å². The number of aromatic nitrogens is 2. The molecule has 0 spiro atoms. The number of para-hydroxylation sites is 1. The van der Waals surface area contributed by atoms with Gasteiger partial charge in [0.2, 0.25) is 0 Å². The largest absolute Gasteiger partial charge is 0.334 e. The third kappa shape index (κ3) is 2.61. The number of hydrogen-bond acceptors (Lipinski definition) is 3. The van der Waals surface area contributed by atoms with Crippen LogP contribution in [0.1, 0.15) is 16.9 Å². The summed E-state index contributed by atoms with van der Waals surface area (Å²) < 4.78 is 2.01. The zero-order valence-corrected chi connectivity index (χ0v) is 14.4. The molecule has 6 rings (SSSR count). The summed E-state index contributed by atoms with van der Waals surface area (Å²) in [5, 5.41) is 3.46. The minimum absolute atomic E-state index is 0.0214. The molecule has 1 N–H and O–H groups in total. The van der Waals surface area contributed by atoms with Gasteiger partial charge in [-0.05, 0) is 18.6 Å². The molecule has 0 saturated carbocycles. The zero-order valence-electron chi connectivity index (χ0n) is 14.4. The molecule has 130 valence electrons. The van der Waals surface area contributed by atoms with E-state index >= 15 is 0 Å². The van der Waals surface area contributed by atoms with Crippen LogP contribution in [-0.2, 0) is 0 Å². The van der Waals surface area contributed by atoms with Gasteiger partial charge in [-0.1, -0.05) is 48.5 Å². The molecule has 5 nitrogen and oxygen atoms in total. The molecule has 0 aliphatic carbocycles. The van der Waals surface area contributed by atoms with Crippen LogP contribution in [0.2, 0.25) is 0 Å². The van der Waals surface area contributed by atoms with Gasteiger partial charge in [-0.15, -0.1) is 0 Å². The molecule has 1 aromatic heterocycles. The first-order valence-electron chi connectivity index (χ1n) is 9.03. The van der Waals surface area contributed by atoms with E-state index < -0.39 is 0 Å². The Morgan fingerprint density at radius 3 is 2.23 bits per heavy atom. The molecule has 26 heavy (non-hydrogen) atoms. The van der Waals surface area contributed by atoms with Gasteiger partial charge in [0, 0.05) is 42.6 Å². The minimum Gasteiger partial charge on any atom is -0.334 e. The van der Waals surface area contributed by atoms with E-state index in [9.17, 15) is 4.79 Å². The molecule has 3 fully saturated rings. The third-order valence-corrected chi connectivity index (χ3v) is 5.20. The van der Waals surface area contributed by atoms with Crippen molar-refractivity contribution >= 4 is 5.91 Å². The van der Waals surface area contributed by atoms with E-state index in [1.165, 1.54) is 6.42 Å². The number of piperazine rings is 1. The molecule has 3 saturated heterocycles. The lowest BCUT2D eigenvalue weighted by Gasteiger charge is -2.48. The molecule has 4 heterocycles. The van der Waals surface area contributed by atoms with Gasteiger partial charge >= 0.3 is 0 Å². The first kappa shape index (κ1) is 15.3. The Bertz CT molecular complexity index is 862. The van der Waals surface area contributed by atoms with Crippen molar-refractivity contribution in [3.8, 4) is 17.1 Å². The normalized spacial score (nSPS) is 21.3. The number of carbonyl (C=O) groups excluding carboxylic acids is 1. The number of piperidine rings is 1. The highest BCUT2D eigenvalue weighted by Gasteiger charge is 2.39. The first-order valence-corrected chi connectivity index (χ1v) is 9.03. The number of nitrogens with zero attached hydrogens (tertiary/aromatic N) is 3. The second-order valence-electron chi connectivity index (χ2n) is 7.03. The molecule has 2 atom stereocenters. The fourth-order valence-corrected chi connectivity index (χ4v) is 3.90. The van der Waals surface area contributed by atoms with Crippen LogP contribution in [0.5, 0.6) is 0 Å². The molecule has 5 heteroatoms. The molecule has 3 aliphatic rings. The summed E-state index contributed by atoms with van der Waals surface area (Å²) in [5.74, 6) is 0.813. The maximum Gasteiger partial charge on any atom is 0.274 e. The van der Waals surface area contributed by atoms with E-state index in [2.05, 4.69) is 5.32 Å². The number of amides is 1. The Kier molecular flexibility index (Phi) is 3.60. The van der Waals surface area contributed by atoms with Gasteiger partial charge in [-0.3, -0.25) is 9.36 Å². The summed E-state index contributed by atoms with van der Waals surface area (Å²) in [6.45, 7) is 1.54. The summed E-state index contributed by atoms with van der Waals surface area (Å²) in [5.41, 5.74) is 2.51. The second-order valence-corrected chi connectivity index (χ2v) is 7.03. The van der Waals surface area contributed by atoms with E-state index in [1.54, 1.807) is 0 Å². The van der Waals surface area contributed by atoms with Crippen LogP contribution in [-0.4, -0.2) is 45.5 Å². The number of imidazole rings is 1. The van der Waals surface area contributed by atoms with Crippen LogP contribution in [0, 0.1) is 0 Å². The molecular weight excluding hydrogens is 324 g/mol. The highest BCUT2D eigenvalue weighted by atomic mass is 16.2. The van der Waals surface area contributed by atoms with Gasteiger partial charge in [0.05, 0.1) is 0 Å². The summed E-state index contributed by atoms with van der Waals surface area (Å²) in [7, 11) is 0. The third-order valence-electron chi connectivity index (χ3n) is 5.20. The van der Waals surface area contributed by atoms with Crippen LogP contribution in [0.4, 0.5) is 0 Å². The highest BCUT2D eigenvalue weighted by Crippen LogP contribution is 2.26. The van der Waals surface area contributed by atoms with Crippen molar-refractivity contribution in [2.75, 3.05) is 13.1 Å². The summed E-state index contributed by atoms with van der Waals surface area (Å²) in [6, 6.07) is 20.9. The maximum atomic E-state index is 13.0. The van der Waals surface area contributed by atoms with Gasteiger partial charge in [0.15, 0.2) is 0 Å². The Morgan fingerprint density at radius 2 is 1.58 bits per heavy atom. The van der Waals surface area contributed by atoms with Crippen molar-refractivity contribution < 1.29 is 4.79 Å². The molecule has 1 amide bonds. The second kappa shape index (κ2) is 6.11. The van der Waals surface area contributed by atoms with Crippen molar-refractivity contribution in [2.45, 2.75) is 18.5 Å². The summed E-state index contributed by atoms with van der Waals surface area (Å²) in [6.07, 6.45) is 3.05. The maximum absolute atomic E-state index is 13.0. The van der Waals surface area contributed by atoms with E-state index in [4.69, 9.17) is 4.98 Å². The fourth-order valence-electron chi connectivity index (χ4n) is 3.90. The van der Waals surface area contributed by atoms with Crippen molar-refractivity contribution in [3.05, 3.63) is 72.6 Å². The van der Waals surface area contributed by atoms with Crippen LogP contribution >= 0.6 is 0 Å². The van der Waals surface area contributed by atoms with Crippen LogP contribution in [0.15, 0.2) is 66.9 Å². The quantitative estimate of drug-likeness (QED) is 0.795. The average molecular weight is 344 g/mol. The molecule has 0 radical (unpaired) electrons. The Morgan fingerprint density at radius 1 is 0.962 bits per heavy atom. The lowest BCUT2D eigenvalue weighted by Crippen LogP contribution is -2.67. The number of fused-ring (bicyclic) bond motifs is 2. The highest BCUT2D eigenvalue weighted by molar-refractivity contribution is 5.93. The molecule has 2 bridgehead atoms. The minimum atomic E-state index is 0.0214. The van der Waals surface area contributed by atoms with Gasteiger partial charge in [0.25, 0.3) is 5.91 Å². The first-order chi connectivity index (χ1) is 12.8. The molecule has 2 unspecified atom stereocenters. The van der Waals surface area contributed by atoms with E-state index in [0.717, 1.165) is 30.2 Å². The lowest BCUT2D eigenvalue weighted by molar-refractivity contribution is 0.0469. The standard InChI is InChI=1S/C21H20N4O/c26-21(24-12-16-11-17(13-24)22-16)19-14-25(18-9-5-2-6-10-18)20(23-19)15-7-3-1-4-8-15/h1-10,14,16-17,22H,11-13H2. The van der Waals surface area contributed by atoms with Gasteiger partial charge in [0.1, 0.15) is 11.5 Å². The predicted molar refractivity (Wildman–Crippen MR) is 100 cm³/mol. The van der Waals surface area contributed by atoms with Gasteiger partial charge < -0.3 is 10.2 Å². The number of hydrogen-bond donors (Lipinski definition) is 1. The Labute approximate surface area is 152 Å². The monoisotopic (exact) mass is 344 g/mol. The molecule has 3 aliphatic heterocycles. The van der Waals surface area contributed by atoms with Crippen molar-refractivity contribution in [3.63, 3.8) is 0 Å². The summed E-state index contributed by atoms with van der Waals surface area (Å²) in [4.78, 5) is 19.7. The number of benzene rings is 2. The van der Waals surface area contributed by atoms with Gasteiger partial charge in [-0.25, -0.2) is 4.98 Å². The Balaban J connectivity index is 1.55. The summed E-state index contributed by atoms with van der Waals surface area (Å²) >= 11 is 0. The predicted octanol–water partition coefficient (Wildman–Crippen LogP) is 2.73. The van der Waals surface area contributed by atoms with Crippen LogP contribution in [0.3, 0.4) is 0 Å². The zero-order chi connectivity index (χ0) is 17.5. The van der Waals surface area contributed by atoms with E-state index in [0.29, 0.717) is 17.8 Å². The smallest absolute Gasteiger partial charge is 0.274 e. The Hall–Kier alpha value is -2.92.